The van der Waals surface area contributed by atoms with E-state index in [0.29, 0.717) is 40.4 Å². The van der Waals surface area contributed by atoms with E-state index in [1.165, 1.54) is 11.1 Å². The maximum Gasteiger partial charge on any atom is 0.255 e. The molecule has 1 aliphatic carbocycles. The molecule has 7 rings (SSSR count). The monoisotopic (exact) mass is 775 g/mol. The Kier molecular flexibility index (Phi) is 11.1. The van der Waals surface area contributed by atoms with Crippen molar-refractivity contribution in [1.82, 2.24) is 20.4 Å². The van der Waals surface area contributed by atoms with Crippen molar-refractivity contribution < 1.29 is 23.9 Å². The first kappa shape index (κ1) is 39.3. The van der Waals surface area contributed by atoms with Crippen LogP contribution in [0.1, 0.15) is 109 Å². The number of nitrogens with zero attached hydrogens (tertiary/aromatic N) is 3. The molecule has 56 heavy (non-hydrogen) atoms. The van der Waals surface area contributed by atoms with Crippen LogP contribution in [-0.2, 0) is 22.6 Å². The van der Waals surface area contributed by atoms with Gasteiger partial charge in [0.2, 0.25) is 11.8 Å². The second kappa shape index (κ2) is 15.9. The van der Waals surface area contributed by atoms with E-state index in [0.717, 1.165) is 62.9 Å². The fourth-order valence-electron chi connectivity index (χ4n) is 9.42. The fourth-order valence-corrected chi connectivity index (χ4v) is 9.64. The number of nitriles is 1. The van der Waals surface area contributed by atoms with Gasteiger partial charge in [0.15, 0.2) is 0 Å². The van der Waals surface area contributed by atoms with E-state index in [2.05, 4.69) is 73.6 Å². The molecule has 4 aliphatic rings. The minimum Gasteiger partial charge on any atom is -0.489 e. The Balaban J connectivity index is 0.826. The van der Waals surface area contributed by atoms with Crippen molar-refractivity contribution in [2.45, 2.75) is 97.4 Å². The molecule has 292 valence electrons. The molecule has 3 heterocycles. The summed E-state index contributed by atoms with van der Waals surface area (Å²) in [4.78, 5) is 54.5. The Hall–Kier alpha value is -4.98. The lowest BCUT2D eigenvalue weighted by Gasteiger charge is -2.63. The van der Waals surface area contributed by atoms with Gasteiger partial charge in [-0.25, -0.2) is 0 Å². The van der Waals surface area contributed by atoms with Crippen molar-refractivity contribution in [2.24, 2.45) is 10.8 Å². The summed E-state index contributed by atoms with van der Waals surface area (Å²) in [5.74, 6) is -0.295. The highest BCUT2D eigenvalue weighted by molar-refractivity contribution is 6.31. The van der Waals surface area contributed by atoms with Crippen LogP contribution >= 0.6 is 11.6 Å². The number of nitrogens with one attached hydrogen (secondary N) is 2. The summed E-state index contributed by atoms with van der Waals surface area (Å²) in [6, 6.07) is 20.4. The highest BCUT2D eigenvalue weighted by Crippen LogP contribution is 2.55. The first-order valence-corrected chi connectivity index (χ1v) is 20.1. The van der Waals surface area contributed by atoms with Crippen LogP contribution in [0.15, 0.2) is 66.7 Å². The van der Waals surface area contributed by atoms with Crippen molar-refractivity contribution in [3.63, 3.8) is 0 Å². The van der Waals surface area contributed by atoms with Crippen molar-refractivity contribution in [2.75, 3.05) is 19.6 Å². The SMILES string of the molecule is CC1(C)C(NC(=O)c2ccc(CCCCCN3CC=C(c4ccc5c(c4)CN(C4CCC(=O)NC4=O)C5=O)CC3)cc2)C(C)(C)C1Oc1ccc(C#N)c(Cl)c1. The first-order valence-electron chi connectivity index (χ1n) is 19.7. The van der Waals surface area contributed by atoms with Gasteiger partial charge < -0.3 is 15.0 Å². The van der Waals surface area contributed by atoms with Gasteiger partial charge in [-0.2, -0.15) is 5.26 Å². The molecular weight excluding hydrogens is 726 g/mol. The van der Waals surface area contributed by atoms with E-state index in [4.69, 9.17) is 16.3 Å². The maximum absolute atomic E-state index is 13.4. The van der Waals surface area contributed by atoms with Gasteiger partial charge in [0, 0.05) is 60.1 Å². The molecule has 0 radical (unpaired) electrons. The number of unbranched alkanes of at least 4 members (excludes halogenated alkanes) is 2. The largest absolute Gasteiger partial charge is 0.489 e. The summed E-state index contributed by atoms with van der Waals surface area (Å²) in [5.41, 5.74) is 5.61. The molecule has 0 bridgehead atoms. The van der Waals surface area contributed by atoms with Crippen LogP contribution < -0.4 is 15.4 Å². The molecule has 0 aromatic heterocycles. The van der Waals surface area contributed by atoms with Crippen molar-refractivity contribution in [3.8, 4) is 11.8 Å². The zero-order valence-electron chi connectivity index (χ0n) is 32.6. The lowest BCUT2D eigenvalue weighted by Crippen LogP contribution is -2.74. The van der Waals surface area contributed by atoms with Crippen LogP contribution in [0.3, 0.4) is 0 Å². The lowest BCUT2D eigenvalue weighted by molar-refractivity contribution is -0.164. The van der Waals surface area contributed by atoms with Gasteiger partial charge in [0.25, 0.3) is 11.8 Å². The van der Waals surface area contributed by atoms with E-state index in [1.807, 2.05) is 24.3 Å². The highest BCUT2D eigenvalue weighted by atomic mass is 35.5. The molecule has 3 aliphatic heterocycles. The number of aryl methyl sites for hydroxylation is 1. The molecule has 11 heteroatoms. The molecule has 1 saturated carbocycles. The maximum atomic E-state index is 13.4. The average Bonchev–Trinajstić information content (AvgIpc) is 3.50. The summed E-state index contributed by atoms with van der Waals surface area (Å²) in [5, 5.41) is 15.2. The van der Waals surface area contributed by atoms with Gasteiger partial charge in [0.05, 0.1) is 10.6 Å². The molecule has 1 atom stereocenters. The van der Waals surface area contributed by atoms with E-state index in [-0.39, 0.29) is 53.0 Å². The van der Waals surface area contributed by atoms with Crippen LogP contribution in [-0.4, -0.2) is 71.3 Å². The van der Waals surface area contributed by atoms with Gasteiger partial charge in [-0.1, -0.05) is 70.0 Å². The molecule has 2 fully saturated rings. The zero-order chi connectivity index (χ0) is 39.8. The van der Waals surface area contributed by atoms with E-state index in [9.17, 15) is 24.4 Å². The van der Waals surface area contributed by atoms with Gasteiger partial charge in [-0.05, 0) is 97.3 Å². The normalized spacial score (nSPS) is 22.7. The Morgan fingerprint density at radius 1 is 0.982 bits per heavy atom. The average molecular weight is 776 g/mol. The molecule has 0 spiro atoms. The molecular formula is C45H50ClN5O5. The predicted molar refractivity (Wildman–Crippen MR) is 215 cm³/mol. The zero-order valence-corrected chi connectivity index (χ0v) is 33.4. The third-order valence-electron chi connectivity index (χ3n) is 12.3. The van der Waals surface area contributed by atoms with Crippen molar-refractivity contribution in [3.05, 3.63) is 105 Å². The van der Waals surface area contributed by atoms with Crippen LogP contribution in [0.25, 0.3) is 5.57 Å². The molecule has 2 N–H and O–H groups in total. The van der Waals surface area contributed by atoms with Gasteiger partial charge >= 0.3 is 0 Å². The number of carbonyl (C=O) groups is 4. The van der Waals surface area contributed by atoms with Crippen LogP contribution in [0.2, 0.25) is 5.02 Å². The number of hydrogen-bond acceptors (Lipinski definition) is 7. The number of imide groups is 1. The Bertz CT molecular complexity index is 2100. The van der Waals surface area contributed by atoms with Crippen molar-refractivity contribution >= 4 is 40.8 Å². The Morgan fingerprint density at radius 2 is 1.75 bits per heavy atom. The lowest BCUT2D eigenvalue weighted by atomic mass is 9.49. The van der Waals surface area contributed by atoms with E-state index >= 15 is 0 Å². The van der Waals surface area contributed by atoms with Crippen molar-refractivity contribution in [1.29, 1.82) is 5.26 Å². The quantitative estimate of drug-likeness (QED) is 0.148. The summed E-state index contributed by atoms with van der Waals surface area (Å²) in [6.45, 7) is 11.7. The standard InChI is InChI=1S/C45H50ClN5O5/c1-44(2)42(45(3,4)43(44)56-34-15-13-32(26-47)36(46)25-34)49-39(53)30-11-9-28(10-12-30)8-6-5-7-21-50-22-19-29(20-23-50)31-14-16-35-33(24-31)27-51(41(35)55)37-17-18-38(52)48-40(37)54/h9-16,19,24-25,37,42-43H,5-8,17-18,20-23,27H2,1-4H3,(H,49,53)(H,48,52,54). The molecule has 4 amide bonds. The number of carbonyl (C=O) groups excluding carboxylic acids is 4. The third-order valence-corrected chi connectivity index (χ3v) is 12.6. The smallest absolute Gasteiger partial charge is 0.255 e. The minimum absolute atomic E-state index is 0.0935. The summed E-state index contributed by atoms with van der Waals surface area (Å²) >= 11 is 6.24. The molecule has 3 aromatic rings. The number of hydrogen-bond donors (Lipinski definition) is 2. The van der Waals surface area contributed by atoms with Gasteiger partial charge in [-0.15, -0.1) is 0 Å². The second-order valence-corrected chi connectivity index (χ2v) is 17.3. The molecule has 1 saturated heterocycles. The number of benzene rings is 3. The van der Waals surface area contributed by atoms with Crippen LogP contribution in [0.4, 0.5) is 0 Å². The number of piperidine rings is 1. The number of ether oxygens (including phenoxy) is 1. The predicted octanol–water partition coefficient (Wildman–Crippen LogP) is 7.09. The Labute approximate surface area is 334 Å². The first-order chi connectivity index (χ1) is 26.8. The summed E-state index contributed by atoms with van der Waals surface area (Å²) in [6.07, 6.45) is 7.99. The second-order valence-electron chi connectivity index (χ2n) is 16.9. The Morgan fingerprint density at radius 3 is 2.43 bits per heavy atom. The molecule has 3 aromatic carbocycles. The van der Waals surface area contributed by atoms with E-state index in [1.54, 1.807) is 23.1 Å². The van der Waals surface area contributed by atoms with Gasteiger partial charge in [0.1, 0.15) is 24.0 Å². The third kappa shape index (κ3) is 7.85. The summed E-state index contributed by atoms with van der Waals surface area (Å²) < 4.78 is 6.37. The molecule has 1 unspecified atom stereocenters. The number of rotatable bonds is 12. The fraction of sp³-hybridized carbons (Fsp3) is 0.444. The van der Waals surface area contributed by atoms with Gasteiger partial charge in [-0.3, -0.25) is 29.4 Å². The number of fused-ring (bicyclic) bond motifs is 1. The van der Waals surface area contributed by atoms with Crippen LogP contribution in [0.5, 0.6) is 5.75 Å². The van der Waals surface area contributed by atoms with Crippen LogP contribution in [0, 0.1) is 22.2 Å². The minimum atomic E-state index is -0.600. The molecule has 10 nitrogen and oxygen atoms in total. The topological polar surface area (TPSA) is 132 Å². The number of amides is 4. The highest BCUT2D eigenvalue weighted by Gasteiger charge is 2.64. The number of halogens is 1. The summed E-state index contributed by atoms with van der Waals surface area (Å²) in [7, 11) is 0. The van der Waals surface area contributed by atoms with E-state index < -0.39 is 6.04 Å².